The van der Waals surface area contributed by atoms with Crippen LogP contribution >= 0.6 is 0 Å². The molecule has 19 heavy (non-hydrogen) atoms. The Bertz CT molecular complexity index is 290. The van der Waals surface area contributed by atoms with Gasteiger partial charge in [0.2, 0.25) is 5.91 Å². The van der Waals surface area contributed by atoms with Crippen molar-refractivity contribution in [2.75, 3.05) is 14.2 Å². The maximum Gasteiger partial charge on any atom is 0.328 e. The highest BCUT2D eigenvalue weighted by molar-refractivity contribution is 5.87. The molecule has 0 aromatic rings. The molecule has 0 rings (SSSR count). The number of esters is 1. The summed E-state index contributed by atoms with van der Waals surface area (Å²) in [4.78, 5) is 23.8. The summed E-state index contributed by atoms with van der Waals surface area (Å²) in [5.74, 6) is 0.182. The topological polar surface area (TPSA) is 67.4 Å². The second-order valence-electron chi connectivity index (χ2n) is 5.68. The van der Waals surface area contributed by atoms with E-state index in [0.717, 1.165) is 6.42 Å². The van der Waals surface area contributed by atoms with Gasteiger partial charge in [0.15, 0.2) is 0 Å². The van der Waals surface area contributed by atoms with Crippen molar-refractivity contribution in [1.82, 2.24) is 10.6 Å². The van der Waals surface area contributed by atoms with Crippen LogP contribution < -0.4 is 10.6 Å². The van der Waals surface area contributed by atoms with Gasteiger partial charge in [0, 0.05) is 0 Å². The van der Waals surface area contributed by atoms with Crippen molar-refractivity contribution in [3.8, 4) is 0 Å². The third-order valence-corrected chi connectivity index (χ3v) is 2.88. The molecule has 0 aromatic carbocycles. The molecule has 0 spiro atoms. The first kappa shape index (κ1) is 17.9. The third kappa shape index (κ3) is 7.15. The van der Waals surface area contributed by atoms with Gasteiger partial charge in [-0.15, -0.1) is 0 Å². The van der Waals surface area contributed by atoms with Crippen LogP contribution in [0.2, 0.25) is 0 Å². The first-order valence-corrected chi connectivity index (χ1v) is 6.87. The number of methoxy groups -OCH3 is 1. The van der Waals surface area contributed by atoms with E-state index in [4.69, 9.17) is 4.74 Å². The summed E-state index contributed by atoms with van der Waals surface area (Å²) < 4.78 is 4.73. The van der Waals surface area contributed by atoms with Gasteiger partial charge in [-0.1, -0.05) is 27.7 Å². The molecule has 1 amide bonds. The molecule has 0 aliphatic carbocycles. The molecule has 0 radical (unpaired) electrons. The van der Waals surface area contributed by atoms with Gasteiger partial charge in [-0.3, -0.25) is 4.79 Å². The van der Waals surface area contributed by atoms with Gasteiger partial charge in [0.25, 0.3) is 0 Å². The summed E-state index contributed by atoms with van der Waals surface area (Å²) in [6, 6.07) is -0.847. The van der Waals surface area contributed by atoms with Gasteiger partial charge in [0.05, 0.1) is 13.2 Å². The molecule has 5 heteroatoms. The Balaban J connectivity index is 4.63. The number of hydrogen-bond donors (Lipinski definition) is 2. The lowest BCUT2D eigenvalue weighted by molar-refractivity contribution is -0.145. The second kappa shape index (κ2) is 8.91. The van der Waals surface area contributed by atoms with Crippen LogP contribution in [0, 0.1) is 11.8 Å². The largest absolute Gasteiger partial charge is 0.467 e. The standard InChI is InChI=1S/C14H28N2O3/c1-9(2)7-11(15-5)13(17)16-12(8-10(3)4)14(18)19-6/h9-12,15H,7-8H2,1-6H3,(H,16,17)/t11-,12-/m1/s1. The van der Waals surface area contributed by atoms with Crippen molar-refractivity contribution in [2.24, 2.45) is 11.8 Å². The molecule has 112 valence electrons. The van der Waals surface area contributed by atoms with Crippen molar-refractivity contribution >= 4 is 11.9 Å². The molecule has 5 nitrogen and oxygen atoms in total. The maximum atomic E-state index is 12.1. The Hall–Kier alpha value is -1.10. The van der Waals surface area contributed by atoms with E-state index < -0.39 is 6.04 Å². The minimum absolute atomic E-state index is 0.146. The van der Waals surface area contributed by atoms with Crippen molar-refractivity contribution in [2.45, 2.75) is 52.6 Å². The summed E-state index contributed by atoms with van der Waals surface area (Å²) in [5, 5.41) is 5.76. The van der Waals surface area contributed by atoms with Crippen LogP contribution in [-0.2, 0) is 14.3 Å². The molecule has 0 bridgehead atoms. The first-order valence-electron chi connectivity index (χ1n) is 6.87. The zero-order valence-corrected chi connectivity index (χ0v) is 12.9. The number of carbonyl (C=O) groups is 2. The fraction of sp³-hybridized carbons (Fsp3) is 0.857. The molecule has 0 aliphatic rings. The Morgan fingerprint density at radius 2 is 1.47 bits per heavy atom. The van der Waals surface area contributed by atoms with E-state index in [0.29, 0.717) is 18.3 Å². The SMILES string of the molecule is CN[C@H](CC(C)C)C(=O)N[C@H](CC(C)C)C(=O)OC. The van der Waals surface area contributed by atoms with E-state index in [2.05, 4.69) is 24.5 Å². The van der Waals surface area contributed by atoms with Crippen molar-refractivity contribution in [3.63, 3.8) is 0 Å². The molecule has 0 saturated heterocycles. The minimum atomic E-state index is -0.569. The number of likely N-dealkylation sites (N-methyl/N-ethyl adjacent to an activating group) is 1. The average molecular weight is 272 g/mol. The quantitative estimate of drug-likeness (QED) is 0.654. The predicted molar refractivity (Wildman–Crippen MR) is 75.7 cm³/mol. The molecule has 0 unspecified atom stereocenters. The van der Waals surface area contributed by atoms with Crippen LogP contribution in [0.1, 0.15) is 40.5 Å². The van der Waals surface area contributed by atoms with Crippen LogP contribution in [0.3, 0.4) is 0 Å². The van der Waals surface area contributed by atoms with E-state index in [1.165, 1.54) is 7.11 Å². The molecule has 0 fully saturated rings. The van der Waals surface area contributed by atoms with Crippen LogP contribution in [0.5, 0.6) is 0 Å². The lowest BCUT2D eigenvalue weighted by atomic mass is 10.0. The van der Waals surface area contributed by atoms with Crippen molar-refractivity contribution in [3.05, 3.63) is 0 Å². The molecular weight excluding hydrogens is 244 g/mol. The van der Waals surface area contributed by atoms with Gasteiger partial charge in [-0.25, -0.2) is 4.79 Å². The normalized spacial score (nSPS) is 14.3. The van der Waals surface area contributed by atoms with E-state index in [1.807, 2.05) is 13.8 Å². The van der Waals surface area contributed by atoms with E-state index >= 15 is 0 Å². The van der Waals surface area contributed by atoms with Gasteiger partial charge in [-0.05, 0) is 31.7 Å². The first-order chi connectivity index (χ1) is 8.81. The fourth-order valence-corrected chi connectivity index (χ4v) is 1.93. The number of carbonyl (C=O) groups excluding carboxylic acids is 2. The average Bonchev–Trinajstić information content (AvgIpc) is 2.33. The number of ether oxygens (including phenoxy) is 1. The van der Waals surface area contributed by atoms with Gasteiger partial charge in [0.1, 0.15) is 6.04 Å². The maximum absolute atomic E-state index is 12.1. The smallest absolute Gasteiger partial charge is 0.328 e. The Kier molecular flexibility index (Phi) is 8.39. The van der Waals surface area contributed by atoms with Crippen molar-refractivity contribution < 1.29 is 14.3 Å². The summed E-state index contributed by atoms with van der Waals surface area (Å²) in [6.45, 7) is 8.13. The Labute approximate surface area is 116 Å². The lowest BCUT2D eigenvalue weighted by Crippen LogP contribution is -2.50. The molecular formula is C14H28N2O3. The summed E-state index contributed by atoms with van der Waals surface area (Å²) in [7, 11) is 3.09. The molecule has 0 heterocycles. The summed E-state index contributed by atoms with van der Waals surface area (Å²) in [6.07, 6.45) is 1.31. The highest BCUT2D eigenvalue weighted by Gasteiger charge is 2.26. The zero-order valence-electron chi connectivity index (χ0n) is 12.9. The predicted octanol–water partition coefficient (Wildman–Crippen LogP) is 1.32. The van der Waals surface area contributed by atoms with Gasteiger partial charge < -0.3 is 15.4 Å². The Morgan fingerprint density at radius 1 is 1.00 bits per heavy atom. The fourth-order valence-electron chi connectivity index (χ4n) is 1.93. The molecule has 0 aliphatic heterocycles. The van der Waals surface area contributed by atoms with E-state index in [9.17, 15) is 9.59 Å². The third-order valence-electron chi connectivity index (χ3n) is 2.88. The number of hydrogen-bond acceptors (Lipinski definition) is 4. The minimum Gasteiger partial charge on any atom is -0.467 e. The van der Waals surface area contributed by atoms with Crippen LogP contribution in [0.25, 0.3) is 0 Å². The van der Waals surface area contributed by atoms with Crippen LogP contribution in [0.4, 0.5) is 0 Å². The van der Waals surface area contributed by atoms with Gasteiger partial charge in [-0.2, -0.15) is 0 Å². The Morgan fingerprint density at radius 3 is 1.84 bits per heavy atom. The molecule has 2 N–H and O–H groups in total. The summed E-state index contributed by atoms with van der Waals surface area (Å²) >= 11 is 0. The lowest BCUT2D eigenvalue weighted by Gasteiger charge is -2.23. The molecule has 2 atom stereocenters. The van der Waals surface area contributed by atoms with Crippen molar-refractivity contribution in [1.29, 1.82) is 0 Å². The van der Waals surface area contributed by atoms with Crippen LogP contribution in [-0.4, -0.2) is 38.1 Å². The zero-order chi connectivity index (χ0) is 15.0. The highest BCUT2D eigenvalue weighted by atomic mass is 16.5. The van der Waals surface area contributed by atoms with E-state index in [1.54, 1.807) is 7.05 Å². The van der Waals surface area contributed by atoms with Crippen LogP contribution in [0.15, 0.2) is 0 Å². The molecule has 0 saturated carbocycles. The highest BCUT2D eigenvalue weighted by Crippen LogP contribution is 2.09. The molecule has 0 aromatic heterocycles. The monoisotopic (exact) mass is 272 g/mol. The number of nitrogens with one attached hydrogen (secondary N) is 2. The second-order valence-corrected chi connectivity index (χ2v) is 5.68. The number of amides is 1. The van der Waals surface area contributed by atoms with Gasteiger partial charge >= 0.3 is 5.97 Å². The summed E-state index contributed by atoms with van der Waals surface area (Å²) in [5.41, 5.74) is 0. The van der Waals surface area contributed by atoms with E-state index in [-0.39, 0.29) is 17.9 Å². The number of rotatable bonds is 8.